The second-order valence-corrected chi connectivity index (χ2v) is 4.87. The normalized spacial score (nSPS) is 10.0. The van der Waals surface area contributed by atoms with Gasteiger partial charge >= 0.3 is 0 Å². The molecule has 0 aromatic heterocycles. The summed E-state index contributed by atoms with van der Waals surface area (Å²) in [5.74, 6) is 1.47. The first-order valence-electron chi connectivity index (χ1n) is 5.64. The number of rotatable bonds is 4. The van der Waals surface area contributed by atoms with Gasteiger partial charge < -0.3 is 4.74 Å². The molecule has 0 saturated heterocycles. The Hall–Kier alpha value is -1.70. The minimum atomic E-state index is 0.511. The van der Waals surface area contributed by atoms with Crippen LogP contribution >= 0.6 is 23.2 Å². The summed E-state index contributed by atoms with van der Waals surface area (Å²) in [4.78, 5) is 0. The van der Waals surface area contributed by atoms with E-state index >= 15 is 0 Å². The quantitative estimate of drug-likeness (QED) is 0.681. The average Bonchev–Trinajstić information content (AvgIpc) is 2.40. The molecule has 1 nitrogen and oxygen atoms in total. The molecule has 0 aliphatic rings. The third kappa shape index (κ3) is 3.63. The molecule has 0 aliphatic heterocycles. The van der Waals surface area contributed by atoms with Gasteiger partial charge in [0.15, 0.2) is 0 Å². The van der Waals surface area contributed by atoms with Crippen molar-refractivity contribution in [2.75, 3.05) is 0 Å². The van der Waals surface area contributed by atoms with E-state index < -0.39 is 0 Å². The zero-order chi connectivity index (χ0) is 13.8. The molecule has 0 fully saturated rings. The highest BCUT2D eigenvalue weighted by molar-refractivity contribution is 6.48. The molecule has 0 aliphatic carbocycles. The molecule has 3 heteroatoms. The maximum absolute atomic E-state index is 5.81. The highest BCUT2D eigenvalue weighted by atomic mass is 35.5. The van der Waals surface area contributed by atoms with Crippen LogP contribution in [-0.4, -0.2) is 0 Å². The predicted molar refractivity (Wildman–Crippen MR) is 82.7 cm³/mol. The van der Waals surface area contributed by atoms with Gasteiger partial charge in [-0.15, -0.1) is 0 Å². The molecule has 0 atom stereocenters. The summed E-state index contributed by atoms with van der Waals surface area (Å²) in [5.41, 5.74) is 1.76. The Kier molecular flexibility index (Phi) is 4.31. The van der Waals surface area contributed by atoms with Crippen LogP contribution in [0.2, 0.25) is 0 Å². The second-order valence-electron chi connectivity index (χ2n) is 3.96. The Morgan fingerprint density at radius 2 is 1.00 bits per heavy atom. The summed E-state index contributed by atoms with van der Waals surface area (Å²) < 4.78 is 5.70. The second kappa shape index (κ2) is 5.96. The summed E-state index contributed by atoms with van der Waals surface area (Å²) >= 11 is 11.6. The summed E-state index contributed by atoms with van der Waals surface area (Å²) in [7, 11) is 0. The van der Waals surface area contributed by atoms with E-state index in [1.54, 1.807) is 0 Å². The third-order valence-electron chi connectivity index (χ3n) is 2.57. The average molecular weight is 291 g/mol. The summed E-state index contributed by atoms with van der Waals surface area (Å²) in [6.45, 7) is 7.34. The van der Waals surface area contributed by atoms with E-state index in [0.717, 1.165) is 22.6 Å². The number of halogens is 2. The van der Waals surface area contributed by atoms with E-state index in [0.29, 0.717) is 10.1 Å². The van der Waals surface area contributed by atoms with Crippen molar-refractivity contribution in [3.8, 4) is 11.5 Å². The fraction of sp³-hybridized carbons (Fsp3) is 0. The van der Waals surface area contributed by atoms with Gasteiger partial charge in [-0.3, -0.25) is 0 Å². The first kappa shape index (κ1) is 13.7. The molecule has 0 spiro atoms. The Balaban J connectivity index is 2.12. The van der Waals surface area contributed by atoms with Crippen LogP contribution in [0.15, 0.2) is 61.7 Å². The van der Waals surface area contributed by atoms with E-state index in [1.807, 2.05) is 48.5 Å². The monoisotopic (exact) mass is 290 g/mol. The Morgan fingerprint density at radius 1 is 0.684 bits per heavy atom. The molecule has 0 bridgehead atoms. The maximum Gasteiger partial charge on any atom is 0.127 e. The highest BCUT2D eigenvalue weighted by Crippen LogP contribution is 2.26. The Morgan fingerprint density at radius 3 is 1.26 bits per heavy atom. The number of hydrogen-bond acceptors (Lipinski definition) is 1. The van der Waals surface area contributed by atoms with Crippen molar-refractivity contribution in [2.24, 2.45) is 0 Å². The standard InChI is InChI=1S/C16H12Cl2O/c1-11(17)13-3-7-15(8-4-13)19-16-9-5-14(6-10-16)12(2)18/h3-10H,1-2H2. The largest absolute Gasteiger partial charge is 0.457 e. The summed E-state index contributed by atoms with van der Waals surface area (Å²) in [6.07, 6.45) is 0. The molecule has 0 N–H and O–H groups in total. The minimum absolute atomic E-state index is 0.511. The number of ether oxygens (including phenoxy) is 1. The number of hydrogen-bond donors (Lipinski definition) is 0. The van der Waals surface area contributed by atoms with Crippen LogP contribution in [-0.2, 0) is 0 Å². The van der Waals surface area contributed by atoms with Crippen molar-refractivity contribution < 1.29 is 4.74 Å². The summed E-state index contributed by atoms with van der Waals surface area (Å²) in [5, 5.41) is 1.02. The lowest BCUT2D eigenvalue weighted by Gasteiger charge is -2.07. The molecule has 2 aromatic rings. The smallest absolute Gasteiger partial charge is 0.127 e. The lowest BCUT2D eigenvalue weighted by atomic mass is 10.2. The van der Waals surface area contributed by atoms with Crippen molar-refractivity contribution in [3.63, 3.8) is 0 Å². The molecule has 0 saturated carbocycles. The molecular weight excluding hydrogens is 279 g/mol. The van der Waals surface area contributed by atoms with E-state index in [1.165, 1.54) is 0 Å². The maximum atomic E-state index is 5.81. The highest BCUT2D eigenvalue weighted by Gasteiger charge is 2.00. The zero-order valence-corrected chi connectivity index (χ0v) is 11.7. The predicted octanol–water partition coefficient (Wildman–Crippen LogP) is 5.90. The lowest BCUT2D eigenvalue weighted by molar-refractivity contribution is 0.482. The van der Waals surface area contributed by atoms with E-state index in [4.69, 9.17) is 27.9 Å². The van der Waals surface area contributed by atoms with Crippen molar-refractivity contribution >= 4 is 33.3 Å². The van der Waals surface area contributed by atoms with Gasteiger partial charge in [-0.05, 0) is 59.7 Å². The van der Waals surface area contributed by atoms with Gasteiger partial charge in [0.05, 0.1) is 0 Å². The molecule has 2 rings (SSSR count). The molecule has 0 amide bonds. The molecule has 19 heavy (non-hydrogen) atoms. The van der Waals surface area contributed by atoms with Gasteiger partial charge in [0.2, 0.25) is 0 Å². The molecule has 0 unspecified atom stereocenters. The van der Waals surface area contributed by atoms with Crippen molar-refractivity contribution in [1.82, 2.24) is 0 Å². The van der Waals surface area contributed by atoms with E-state index in [9.17, 15) is 0 Å². The first-order chi connectivity index (χ1) is 9.06. The molecular formula is C16H12Cl2O. The lowest BCUT2D eigenvalue weighted by Crippen LogP contribution is -1.85. The van der Waals surface area contributed by atoms with Gasteiger partial charge in [0, 0.05) is 10.1 Å². The molecule has 96 valence electrons. The van der Waals surface area contributed by atoms with Gasteiger partial charge in [-0.25, -0.2) is 0 Å². The van der Waals surface area contributed by atoms with Crippen LogP contribution < -0.4 is 4.74 Å². The van der Waals surface area contributed by atoms with Crippen LogP contribution in [0.4, 0.5) is 0 Å². The van der Waals surface area contributed by atoms with Gasteiger partial charge in [0.1, 0.15) is 11.5 Å². The van der Waals surface area contributed by atoms with E-state index in [2.05, 4.69) is 13.2 Å². The fourth-order valence-corrected chi connectivity index (χ4v) is 1.80. The summed E-state index contributed by atoms with van der Waals surface area (Å²) in [6, 6.07) is 14.8. The van der Waals surface area contributed by atoms with Crippen LogP contribution in [0.5, 0.6) is 11.5 Å². The van der Waals surface area contributed by atoms with E-state index in [-0.39, 0.29) is 0 Å². The molecule has 0 radical (unpaired) electrons. The van der Waals surface area contributed by atoms with Crippen LogP contribution in [0.25, 0.3) is 10.1 Å². The molecule has 0 heterocycles. The van der Waals surface area contributed by atoms with Crippen molar-refractivity contribution in [2.45, 2.75) is 0 Å². The third-order valence-corrected chi connectivity index (χ3v) is 3.01. The topological polar surface area (TPSA) is 9.23 Å². The van der Waals surface area contributed by atoms with Gasteiger partial charge in [-0.1, -0.05) is 36.4 Å². The zero-order valence-electron chi connectivity index (χ0n) is 10.2. The van der Waals surface area contributed by atoms with Crippen LogP contribution in [0.1, 0.15) is 11.1 Å². The van der Waals surface area contributed by atoms with Crippen LogP contribution in [0.3, 0.4) is 0 Å². The van der Waals surface area contributed by atoms with Gasteiger partial charge in [-0.2, -0.15) is 0 Å². The fourth-order valence-electron chi connectivity index (χ4n) is 1.54. The SMILES string of the molecule is C=C(Cl)c1ccc(Oc2ccc(C(=C)Cl)cc2)cc1. The van der Waals surface area contributed by atoms with Crippen LogP contribution in [0, 0.1) is 0 Å². The first-order valence-corrected chi connectivity index (χ1v) is 6.39. The molecule has 2 aromatic carbocycles. The van der Waals surface area contributed by atoms with Gasteiger partial charge in [0.25, 0.3) is 0 Å². The van der Waals surface area contributed by atoms with Crippen molar-refractivity contribution in [3.05, 3.63) is 72.8 Å². The Bertz CT molecular complexity index is 542. The minimum Gasteiger partial charge on any atom is -0.457 e. The number of benzene rings is 2. The Labute approximate surface area is 122 Å². The van der Waals surface area contributed by atoms with Crippen molar-refractivity contribution in [1.29, 1.82) is 0 Å².